The molecule has 16 heavy (non-hydrogen) atoms. The van der Waals surface area contributed by atoms with Gasteiger partial charge in [-0.05, 0) is 31.9 Å². The van der Waals surface area contributed by atoms with E-state index >= 15 is 0 Å². The predicted molar refractivity (Wildman–Crippen MR) is 67.9 cm³/mol. The van der Waals surface area contributed by atoms with Gasteiger partial charge in [-0.15, -0.1) is 0 Å². The molecule has 0 spiro atoms. The van der Waals surface area contributed by atoms with Crippen LogP contribution in [0.3, 0.4) is 0 Å². The lowest BCUT2D eigenvalue weighted by molar-refractivity contribution is 0.339. The van der Waals surface area contributed by atoms with Crippen molar-refractivity contribution < 1.29 is 4.74 Å². The molecular weight excluding hydrogens is 200 g/mol. The van der Waals surface area contributed by atoms with Crippen molar-refractivity contribution in [3.8, 4) is 5.75 Å². The minimum atomic E-state index is 0.402. The second-order valence-electron chi connectivity index (χ2n) is 4.10. The maximum absolute atomic E-state index is 5.53. The zero-order chi connectivity index (χ0) is 12.0. The molecule has 0 fully saturated rings. The van der Waals surface area contributed by atoms with Crippen LogP contribution in [-0.4, -0.2) is 17.6 Å². The lowest BCUT2D eigenvalue weighted by atomic mass is 10.0. The Labute approximate surface area is 98.2 Å². The second-order valence-corrected chi connectivity index (χ2v) is 4.10. The molecule has 0 aliphatic rings. The monoisotopic (exact) mass is 222 g/mol. The highest BCUT2D eigenvalue weighted by atomic mass is 16.5. The fourth-order valence-corrected chi connectivity index (χ4v) is 1.48. The number of nitrogens with zero attached hydrogens (tertiary/aromatic N) is 1. The first-order valence-electron chi connectivity index (χ1n) is 6.03. The van der Waals surface area contributed by atoms with Gasteiger partial charge in [-0.3, -0.25) is 0 Å². The van der Waals surface area contributed by atoms with Gasteiger partial charge in [0.1, 0.15) is 0 Å². The molecular formula is C13H22N2O. The van der Waals surface area contributed by atoms with E-state index in [-0.39, 0.29) is 0 Å². The zero-order valence-electron chi connectivity index (χ0n) is 10.7. The van der Waals surface area contributed by atoms with Gasteiger partial charge in [-0.1, -0.05) is 20.3 Å². The molecule has 1 N–H and O–H groups in total. The molecule has 0 aliphatic carbocycles. The maximum Gasteiger partial charge on any atom is 0.168 e. The number of anilines is 1. The van der Waals surface area contributed by atoms with Crippen LogP contribution < -0.4 is 10.1 Å². The number of pyridine rings is 1. The standard InChI is InChI=1S/C13H22N2O/c1-5-10(3)11(4)15-13-12(16-6-2)8-7-9-14-13/h7-11H,5-6H2,1-4H3,(H,14,15). The van der Waals surface area contributed by atoms with Crippen molar-refractivity contribution in [1.82, 2.24) is 4.98 Å². The number of hydrogen-bond acceptors (Lipinski definition) is 3. The largest absolute Gasteiger partial charge is 0.490 e. The van der Waals surface area contributed by atoms with Gasteiger partial charge < -0.3 is 10.1 Å². The summed E-state index contributed by atoms with van der Waals surface area (Å²) in [5, 5.41) is 3.41. The molecule has 3 nitrogen and oxygen atoms in total. The van der Waals surface area contributed by atoms with E-state index in [9.17, 15) is 0 Å². The van der Waals surface area contributed by atoms with E-state index in [1.54, 1.807) is 6.20 Å². The summed E-state index contributed by atoms with van der Waals surface area (Å²) in [5.74, 6) is 2.30. The molecule has 0 radical (unpaired) electrons. The van der Waals surface area contributed by atoms with Crippen LogP contribution >= 0.6 is 0 Å². The Morgan fingerprint density at radius 3 is 2.75 bits per heavy atom. The summed E-state index contributed by atoms with van der Waals surface area (Å²) in [6.07, 6.45) is 2.94. The van der Waals surface area contributed by atoms with Gasteiger partial charge in [-0.2, -0.15) is 0 Å². The van der Waals surface area contributed by atoms with Gasteiger partial charge in [0.15, 0.2) is 11.6 Å². The van der Waals surface area contributed by atoms with Crippen LogP contribution in [0.4, 0.5) is 5.82 Å². The topological polar surface area (TPSA) is 34.1 Å². The highest BCUT2D eigenvalue weighted by Gasteiger charge is 2.12. The predicted octanol–water partition coefficient (Wildman–Crippen LogP) is 3.33. The Morgan fingerprint density at radius 1 is 1.38 bits per heavy atom. The molecule has 0 saturated carbocycles. The summed E-state index contributed by atoms with van der Waals surface area (Å²) in [6, 6.07) is 4.24. The molecule has 3 heteroatoms. The summed E-state index contributed by atoms with van der Waals surface area (Å²) in [5.41, 5.74) is 0. The highest BCUT2D eigenvalue weighted by molar-refractivity contribution is 5.50. The summed E-state index contributed by atoms with van der Waals surface area (Å²) in [7, 11) is 0. The molecule has 90 valence electrons. The Balaban J connectivity index is 2.71. The van der Waals surface area contributed by atoms with E-state index in [0.717, 1.165) is 18.0 Å². The number of hydrogen-bond donors (Lipinski definition) is 1. The van der Waals surface area contributed by atoms with Crippen molar-refractivity contribution in [2.45, 2.75) is 40.2 Å². The third-order valence-electron chi connectivity index (χ3n) is 2.93. The third kappa shape index (κ3) is 3.40. The van der Waals surface area contributed by atoms with Crippen LogP contribution in [0, 0.1) is 5.92 Å². The van der Waals surface area contributed by atoms with Crippen molar-refractivity contribution >= 4 is 5.82 Å². The van der Waals surface area contributed by atoms with Crippen LogP contribution in [-0.2, 0) is 0 Å². The van der Waals surface area contributed by atoms with Crippen LogP contribution in [0.15, 0.2) is 18.3 Å². The van der Waals surface area contributed by atoms with E-state index < -0.39 is 0 Å². The number of nitrogens with one attached hydrogen (secondary N) is 1. The highest BCUT2D eigenvalue weighted by Crippen LogP contribution is 2.23. The molecule has 0 amide bonds. The lowest BCUT2D eigenvalue weighted by Crippen LogP contribution is -2.24. The normalized spacial score (nSPS) is 14.2. The number of aromatic nitrogens is 1. The molecule has 1 aromatic heterocycles. The molecule has 0 saturated heterocycles. The Hall–Kier alpha value is -1.25. The minimum absolute atomic E-state index is 0.402. The van der Waals surface area contributed by atoms with E-state index in [4.69, 9.17) is 4.74 Å². The molecule has 0 aromatic carbocycles. The SMILES string of the molecule is CCOc1cccnc1NC(C)C(C)CC. The zero-order valence-corrected chi connectivity index (χ0v) is 10.7. The summed E-state index contributed by atoms with van der Waals surface area (Å²) in [4.78, 5) is 4.32. The van der Waals surface area contributed by atoms with Crippen LogP contribution in [0.25, 0.3) is 0 Å². The van der Waals surface area contributed by atoms with Gasteiger partial charge in [0.05, 0.1) is 6.61 Å². The molecule has 2 unspecified atom stereocenters. The van der Waals surface area contributed by atoms with Gasteiger partial charge in [0, 0.05) is 12.2 Å². The van der Waals surface area contributed by atoms with E-state index in [1.165, 1.54) is 0 Å². The molecule has 1 rings (SSSR count). The van der Waals surface area contributed by atoms with Crippen LogP contribution in [0.5, 0.6) is 5.75 Å². The van der Waals surface area contributed by atoms with E-state index in [2.05, 4.69) is 31.1 Å². The van der Waals surface area contributed by atoms with Crippen molar-refractivity contribution in [2.75, 3.05) is 11.9 Å². The first kappa shape index (κ1) is 12.8. The smallest absolute Gasteiger partial charge is 0.168 e. The maximum atomic E-state index is 5.53. The molecule has 1 aromatic rings. The minimum Gasteiger partial charge on any atom is -0.490 e. The van der Waals surface area contributed by atoms with Gasteiger partial charge in [-0.25, -0.2) is 4.98 Å². The Morgan fingerprint density at radius 2 is 2.12 bits per heavy atom. The molecule has 1 heterocycles. The Kier molecular flexibility index (Phi) is 5.09. The first-order chi connectivity index (χ1) is 7.69. The summed E-state index contributed by atoms with van der Waals surface area (Å²) in [6.45, 7) is 9.26. The average molecular weight is 222 g/mol. The number of rotatable bonds is 6. The van der Waals surface area contributed by atoms with Crippen molar-refractivity contribution in [1.29, 1.82) is 0 Å². The third-order valence-corrected chi connectivity index (χ3v) is 2.93. The van der Waals surface area contributed by atoms with Crippen molar-refractivity contribution in [3.63, 3.8) is 0 Å². The van der Waals surface area contributed by atoms with Gasteiger partial charge >= 0.3 is 0 Å². The van der Waals surface area contributed by atoms with Crippen LogP contribution in [0.1, 0.15) is 34.1 Å². The van der Waals surface area contributed by atoms with E-state index in [0.29, 0.717) is 18.6 Å². The summed E-state index contributed by atoms with van der Waals surface area (Å²) < 4.78 is 5.53. The molecule has 0 bridgehead atoms. The first-order valence-corrected chi connectivity index (χ1v) is 6.03. The van der Waals surface area contributed by atoms with Crippen molar-refractivity contribution in [2.24, 2.45) is 5.92 Å². The molecule has 0 aliphatic heterocycles. The van der Waals surface area contributed by atoms with Gasteiger partial charge in [0.25, 0.3) is 0 Å². The van der Waals surface area contributed by atoms with Crippen LogP contribution in [0.2, 0.25) is 0 Å². The Bertz CT molecular complexity index is 315. The second kappa shape index (κ2) is 6.36. The molecule has 2 atom stereocenters. The fourth-order valence-electron chi connectivity index (χ4n) is 1.48. The van der Waals surface area contributed by atoms with Gasteiger partial charge in [0.2, 0.25) is 0 Å². The van der Waals surface area contributed by atoms with E-state index in [1.807, 2.05) is 19.1 Å². The van der Waals surface area contributed by atoms with Crippen molar-refractivity contribution in [3.05, 3.63) is 18.3 Å². The summed E-state index contributed by atoms with van der Waals surface area (Å²) >= 11 is 0. The fraction of sp³-hybridized carbons (Fsp3) is 0.615. The number of ether oxygens (including phenoxy) is 1. The average Bonchev–Trinajstić information content (AvgIpc) is 2.31. The quantitative estimate of drug-likeness (QED) is 0.801. The lowest BCUT2D eigenvalue weighted by Gasteiger charge is -2.21.